The fraction of sp³-hybridized carbons (Fsp3) is 0.357. The van der Waals surface area contributed by atoms with E-state index in [0.29, 0.717) is 32.2 Å². The number of thiocarbonyl (C=S) groups is 1. The standard InChI is InChI=1S/C28H30N4O2S2/c1-3-19(2)32-27(34)23(36-28(32)35)18-22-25(29-24-11-7-8-14-31(24)26(22)33)30-15-12-21(13-16-30)17-20-9-5-4-6-10-20/h4-11,14,18-19,21H,3,12-13,15-17H2,1-2H3/b23-18-/t19-/m0/s1. The summed E-state index contributed by atoms with van der Waals surface area (Å²) in [6.07, 6.45) is 7.36. The number of hydrogen-bond acceptors (Lipinski definition) is 6. The van der Waals surface area contributed by atoms with E-state index in [4.69, 9.17) is 17.2 Å². The van der Waals surface area contributed by atoms with Crippen LogP contribution in [0.15, 0.2) is 64.4 Å². The van der Waals surface area contributed by atoms with Crippen LogP contribution in [-0.2, 0) is 11.2 Å². The second-order valence-electron chi connectivity index (χ2n) is 9.51. The van der Waals surface area contributed by atoms with Crippen LogP contribution in [0, 0.1) is 5.92 Å². The van der Waals surface area contributed by atoms with Crippen LogP contribution in [0.1, 0.15) is 44.2 Å². The maximum atomic E-state index is 13.6. The molecule has 0 saturated carbocycles. The Morgan fingerprint density at radius 3 is 2.56 bits per heavy atom. The summed E-state index contributed by atoms with van der Waals surface area (Å²) < 4.78 is 2.09. The number of hydrogen-bond donors (Lipinski definition) is 0. The molecule has 8 heteroatoms. The Morgan fingerprint density at radius 1 is 1.11 bits per heavy atom. The van der Waals surface area contributed by atoms with Gasteiger partial charge in [0.1, 0.15) is 15.8 Å². The van der Waals surface area contributed by atoms with Gasteiger partial charge >= 0.3 is 0 Å². The molecule has 1 aromatic carbocycles. The van der Waals surface area contributed by atoms with E-state index in [1.165, 1.54) is 17.3 Å². The number of carbonyl (C=O) groups is 1. The topological polar surface area (TPSA) is 57.9 Å². The Hall–Kier alpha value is -2.97. The molecule has 0 bridgehead atoms. The highest BCUT2D eigenvalue weighted by Crippen LogP contribution is 2.35. The van der Waals surface area contributed by atoms with Crippen molar-refractivity contribution in [3.05, 3.63) is 81.1 Å². The van der Waals surface area contributed by atoms with E-state index in [9.17, 15) is 9.59 Å². The molecule has 0 unspecified atom stereocenters. The average Bonchev–Trinajstić information content (AvgIpc) is 3.18. The molecule has 2 aliphatic heterocycles. The van der Waals surface area contributed by atoms with Crippen LogP contribution >= 0.6 is 24.0 Å². The third-order valence-corrected chi connectivity index (χ3v) is 8.49. The summed E-state index contributed by atoms with van der Waals surface area (Å²) in [6, 6.07) is 16.2. The number of amides is 1. The summed E-state index contributed by atoms with van der Waals surface area (Å²) >= 11 is 6.77. The molecule has 1 atom stereocenters. The number of carbonyl (C=O) groups excluding carboxylic acids is 1. The van der Waals surface area contributed by atoms with Gasteiger partial charge in [0, 0.05) is 25.3 Å². The van der Waals surface area contributed by atoms with Gasteiger partial charge in [0.05, 0.1) is 10.5 Å². The molecule has 0 N–H and O–H groups in total. The Kier molecular flexibility index (Phi) is 7.25. The lowest BCUT2D eigenvalue weighted by atomic mass is 9.90. The smallest absolute Gasteiger partial charge is 0.267 e. The van der Waals surface area contributed by atoms with E-state index >= 15 is 0 Å². The number of benzene rings is 1. The Labute approximate surface area is 221 Å². The van der Waals surface area contributed by atoms with Gasteiger partial charge in [-0.05, 0) is 62.3 Å². The van der Waals surface area contributed by atoms with Crippen molar-refractivity contribution in [2.45, 2.75) is 45.6 Å². The van der Waals surface area contributed by atoms with E-state index < -0.39 is 0 Å². The van der Waals surface area contributed by atoms with E-state index in [0.717, 1.165) is 38.8 Å². The van der Waals surface area contributed by atoms with Gasteiger partial charge in [-0.1, -0.05) is 67.3 Å². The predicted octanol–water partition coefficient (Wildman–Crippen LogP) is 5.15. The normalized spacial score (nSPS) is 19.0. The lowest BCUT2D eigenvalue weighted by Gasteiger charge is -2.33. The largest absolute Gasteiger partial charge is 0.356 e. The molecule has 2 aromatic heterocycles. The maximum Gasteiger partial charge on any atom is 0.267 e. The summed E-state index contributed by atoms with van der Waals surface area (Å²) in [5.74, 6) is 1.11. The van der Waals surface area contributed by atoms with Crippen molar-refractivity contribution in [3.63, 3.8) is 0 Å². The van der Waals surface area contributed by atoms with Crippen molar-refractivity contribution >= 4 is 51.7 Å². The lowest BCUT2D eigenvalue weighted by molar-refractivity contribution is -0.123. The molecule has 4 heterocycles. The molecule has 5 rings (SSSR count). The number of pyridine rings is 1. The predicted molar refractivity (Wildman–Crippen MR) is 151 cm³/mol. The van der Waals surface area contributed by atoms with Gasteiger partial charge in [-0.25, -0.2) is 4.98 Å². The van der Waals surface area contributed by atoms with Crippen molar-refractivity contribution in [2.75, 3.05) is 18.0 Å². The van der Waals surface area contributed by atoms with Gasteiger partial charge in [-0.15, -0.1) is 0 Å². The van der Waals surface area contributed by atoms with Crippen LogP contribution in [-0.4, -0.2) is 43.6 Å². The van der Waals surface area contributed by atoms with Gasteiger partial charge < -0.3 is 4.90 Å². The van der Waals surface area contributed by atoms with Crippen molar-refractivity contribution in [2.24, 2.45) is 5.92 Å². The molecule has 2 aliphatic rings. The SMILES string of the molecule is CC[C@H](C)N1C(=O)/C(=C/c2c(N3CCC(Cc4ccccc4)CC3)nc3ccccn3c2=O)SC1=S. The van der Waals surface area contributed by atoms with E-state index in [1.54, 1.807) is 21.6 Å². The minimum absolute atomic E-state index is 0.0161. The van der Waals surface area contributed by atoms with Crippen LogP contribution in [0.5, 0.6) is 0 Å². The number of thioether (sulfide) groups is 1. The van der Waals surface area contributed by atoms with Gasteiger partial charge in [0.15, 0.2) is 0 Å². The van der Waals surface area contributed by atoms with E-state index in [2.05, 4.69) is 29.2 Å². The maximum absolute atomic E-state index is 13.6. The van der Waals surface area contributed by atoms with Crippen molar-refractivity contribution in [1.82, 2.24) is 14.3 Å². The molecule has 36 heavy (non-hydrogen) atoms. The first-order valence-corrected chi connectivity index (χ1v) is 13.8. The molecule has 0 aliphatic carbocycles. The second kappa shape index (κ2) is 10.6. The van der Waals surface area contributed by atoms with E-state index in [1.807, 2.05) is 38.1 Å². The highest BCUT2D eigenvalue weighted by atomic mass is 32.2. The number of fused-ring (bicyclic) bond motifs is 1. The average molecular weight is 519 g/mol. The Balaban J connectivity index is 1.47. The van der Waals surface area contributed by atoms with Gasteiger partial charge in [-0.2, -0.15) is 0 Å². The molecule has 2 saturated heterocycles. The zero-order valence-electron chi connectivity index (χ0n) is 20.6. The number of piperidine rings is 1. The van der Waals surface area contributed by atoms with Gasteiger partial charge in [-0.3, -0.25) is 18.9 Å². The molecule has 186 valence electrons. The highest BCUT2D eigenvalue weighted by molar-refractivity contribution is 8.26. The summed E-state index contributed by atoms with van der Waals surface area (Å²) in [4.78, 5) is 36.1. The fourth-order valence-corrected chi connectivity index (χ4v) is 6.37. The van der Waals surface area contributed by atoms with Crippen molar-refractivity contribution in [1.29, 1.82) is 0 Å². The first-order valence-electron chi connectivity index (χ1n) is 12.5. The monoisotopic (exact) mass is 518 g/mol. The molecular weight excluding hydrogens is 488 g/mol. The zero-order valence-corrected chi connectivity index (χ0v) is 22.2. The van der Waals surface area contributed by atoms with Crippen molar-refractivity contribution < 1.29 is 4.79 Å². The van der Waals surface area contributed by atoms with Crippen LogP contribution in [0.2, 0.25) is 0 Å². The molecule has 2 fully saturated rings. The third-order valence-electron chi connectivity index (χ3n) is 7.16. The highest BCUT2D eigenvalue weighted by Gasteiger charge is 2.35. The van der Waals surface area contributed by atoms with Crippen LogP contribution < -0.4 is 10.5 Å². The number of anilines is 1. The summed E-state index contributed by atoms with van der Waals surface area (Å²) in [6.45, 7) is 5.67. The second-order valence-corrected chi connectivity index (χ2v) is 11.2. The molecule has 0 radical (unpaired) electrons. The molecule has 6 nitrogen and oxygen atoms in total. The molecule has 1 amide bonds. The van der Waals surface area contributed by atoms with Crippen LogP contribution in [0.3, 0.4) is 0 Å². The van der Waals surface area contributed by atoms with Crippen LogP contribution in [0.4, 0.5) is 5.82 Å². The zero-order chi connectivity index (χ0) is 25.2. The number of aromatic nitrogens is 2. The summed E-state index contributed by atoms with van der Waals surface area (Å²) in [7, 11) is 0. The number of nitrogens with zero attached hydrogens (tertiary/aromatic N) is 4. The third kappa shape index (κ3) is 4.84. The molecule has 0 spiro atoms. The Bertz CT molecular complexity index is 1380. The number of rotatable bonds is 6. The summed E-state index contributed by atoms with van der Waals surface area (Å²) in [5.41, 5.74) is 2.25. The van der Waals surface area contributed by atoms with Crippen molar-refractivity contribution in [3.8, 4) is 0 Å². The molecular formula is C28H30N4O2S2. The van der Waals surface area contributed by atoms with Gasteiger partial charge in [0.25, 0.3) is 11.5 Å². The summed E-state index contributed by atoms with van der Waals surface area (Å²) in [5, 5.41) is 0. The van der Waals surface area contributed by atoms with Gasteiger partial charge in [0.2, 0.25) is 0 Å². The lowest BCUT2D eigenvalue weighted by Crippen LogP contribution is -2.37. The quantitative estimate of drug-likeness (QED) is 0.332. The first-order chi connectivity index (χ1) is 17.5. The minimum atomic E-state index is -0.171. The molecule has 3 aromatic rings. The first kappa shape index (κ1) is 24.7. The van der Waals surface area contributed by atoms with Crippen LogP contribution in [0.25, 0.3) is 11.7 Å². The minimum Gasteiger partial charge on any atom is -0.356 e. The van der Waals surface area contributed by atoms with E-state index in [-0.39, 0.29) is 17.5 Å². The Morgan fingerprint density at radius 2 is 1.83 bits per heavy atom. The fourth-order valence-electron chi connectivity index (χ4n) is 4.93.